The van der Waals surface area contributed by atoms with E-state index in [9.17, 15) is 9.59 Å². The highest BCUT2D eigenvalue weighted by Gasteiger charge is 2.42. The summed E-state index contributed by atoms with van der Waals surface area (Å²) in [5, 5.41) is 5.76. The third-order valence-electron chi connectivity index (χ3n) is 7.07. The van der Waals surface area contributed by atoms with Gasteiger partial charge >= 0.3 is 5.97 Å². The molecule has 0 bridgehead atoms. The van der Waals surface area contributed by atoms with E-state index in [0.717, 1.165) is 47.4 Å². The first-order valence-corrected chi connectivity index (χ1v) is 14.3. The van der Waals surface area contributed by atoms with Crippen LogP contribution in [0.3, 0.4) is 0 Å². The molecule has 204 valence electrons. The number of hydrogen-bond donors (Lipinski definition) is 1. The van der Waals surface area contributed by atoms with Gasteiger partial charge in [-0.3, -0.25) is 4.79 Å². The maximum Gasteiger partial charge on any atom is 0.338 e. The lowest BCUT2D eigenvalue weighted by Gasteiger charge is -2.36. The minimum atomic E-state index is -0.517. The van der Waals surface area contributed by atoms with Crippen LogP contribution >= 0.6 is 11.8 Å². The van der Waals surface area contributed by atoms with Crippen LogP contribution < -0.4 is 10.1 Å². The van der Waals surface area contributed by atoms with E-state index in [4.69, 9.17) is 14.5 Å². The molecule has 3 aliphatic rings. The number of hydrogen-bond acceptors (Lipinski definition) is 8. The number of amides is 1. The lowest BCUT2D eigenvalue weighted by Crippen LogP contribution is -2.39. The van der Waals surface area contributed by atoms with Crippen molar-refractivity contribution in [1.82, 2.24) is 15.1 Å². The smallest absolute Gasteiger partial charge is 0.338 e. The van der Waals surface area contributed by atoms with Crippen LogP contribution in [-0.2, 0) is 14.3 Å². The van der Waals surface area contributed by atoms with E-state index in [0.29, 0.717) is 17.8 Å². The largest absolute Gasteiger partial charge is 0.497 e. The molecule has 0 spiro atoms. The molecule has 1 N–H and O–H groups in total. The van der Waals surface area contributed by atoms with Gasteiger partial charge in [-0.25, -0.2) is 9.79 Å². The second-order valence-corrected chi connectivity index (χ2v) is 10.4. The molecule has 1 saturated heterocycles. The van der Waals surface area contributed by atoms with Gasteiger partial charge in [0.05, 0.1) is 37.4 Å². The molecule has 1 fully saturated rings. The van der Waals surface area contributed by atoms with E-state index >= 15 is 0 Å². The summed E-state index contributed by atoms with van der Waals surface area (Å²) < 4.78 is 11.0. The van der Waals surface area contributed by atoms with Gasteiger partial charge in [-0.15, -0.1) is 0 Å². The summed E-state index contributed by atoms with van der Waals surface area (Å²) in [4.78, 5) is 35.9. The Balaban J connectivity index is 1.48. The molecule has 5 rings (SSSR count). The Labute approximate surface area is 233 Å². The van der Waals surface area contributed by atoms with Crippen molar-refractivity contribution in [3.8, 4) is 5.75 Å². The molecule has 0 aliphatic carbocycles. The van der Waals surface area contributed by atoms with Crippen LogP contribution in [0.25, 0.3) is 5.70 Å². The van der Waals surface area contributed by atoms with E-state index in [2.05, 4.69) is 10.2 Å². The van der Waals surface area contributed by atoms with Crippen LogP contribution in [0.2, 0.25) is 0 Å². The molecule has 3 heterocycles. The van der Waals surface area contributed by atoms with Gasteiger partial charge in [0, 0.05) is 24.4 Å². The van der Waals surface area contributed by atoms with Crippen molar-refractivity contribution in [2.75, 3.05) is 39.9 Å². The van der Waals surface area contributed by atoms with Crippen molar-refractivity contribution in [3.63, 3.8) is 0 Å². The Morgan fingerprint density at radius 2 is 1.82 bits per heavy atom. The number of carbonyl (C=O) groups excluding carboxylic acids is 2. The van der Waals surface area contributed by atoms with Crippen molar-refractivity contribution < 1.29 is 19.1 Å². The van der Waals surface area contributed by atoms with Crippen molar-refractivity contribution in [2.45, 2.75) is 32.2 Å². The molecule has 1 amide bonds. The van der Waals surface area contributed by atoms with Gasteiger partial charge in [-0.1, -0.05) is 54.2 Å². The number of likely N-dealkylation sites (tertiary alicyclic amines) is 1. The number of nitrogens with zero attached hydrogens (tertiary/aromatic N) is 3. The van der Waals surface area contributed by atoms with Crippen molar-refractivity contribution >= 4 is 34.5 Å². The number of benzene rings is 2. The maximum absolute atomic E-state index is 13.6. The van der Waals surface area contributed by atoms with Gasteiger partial charge in [-0.2, -0.15) is 0 Å². The highest BCUT2D eigenvalue weighted by atomic mass is 32.2. The van der Waals surface area contributed by atoms with Gasteiger partial charge in [0.1, 0.15) is 5.75 Å². The molecular formula is C30H34N4O4S. The Morgan fingerprint density at radius 1 is 1.08 bits per heavy atom. The first kappa shape index (κ1) is 27.0. The van der Waals surface area contributed by atoms with Gasteiger partial charge in [0.25, 0.3) is 0 Å². The number of rotatable bonds is 10. The summed E-state index contributed by atoms with van der Waals surface area (Å²) in [5.74, 6) is 0.245. The minimum Gasteiger partial charge on any atom is -0.497 e. The molecular weight excluding hydrogens is 512 g/mol. The highest BCUT2D eigenvalue weighted by molar-refractivity contribution is 8.16. The predicted octanol–water partition coefficient (Wildman–Crippen LogP) is 4.57. The molecule has 2 aromatic rings. The number of fused-ring (bicyclic) bond motifs is 1. The first-order chi connectivity index (χ1) is 19.1. The number of thioether (sulfide) groups is 1. The summed E-state index contributed by atoms with van der Waals surface area (Å²) in [6.45, 7) is 5.72. The Kier molecular flexibility index (Phi) is 8.68. The fourth-order valence-corrected chi connectivity index (χ4v) is 6.10. The minimum absolute atomic E-state index is 0.0497. The van der Waals surface area contributed by atoms with Crippen LogP contribution in [0.5, 0.6) is 5.75 Å². The quantitative estimate of drug-likeness (QED) is 0.437. The standard InChI is InChI=1S/C30H34N4O4S/c1-3-38-29(36)26-27(21-9-5-4-6-10-21)32-30-34(28(26)22-11-13-24(37-2)14-12-22)23(20-39-30)19-25(35)31-15-18-33-16-7-8-17-33/h4-6,9-14,20,28H,3,7-8,15-19H2,1-2H3,(H,31,35)/t28-/m0/s1. The number of esters is 1. The molecule has 1 atom stereocenters. The zero-order chi connectivity index (χ0) is 27.2. The topological polar surface area (TPSA) is 83.5 Å². The Hall–Kier alpha value is -3.56. The monoisotopic (exact) mass is 546 g/mol. The molecule has 39 heavy (non-hydrogen) atoms. The molecule has 9 heteroatoms. The first-order valence-electron chi connectivity index (χ1n) is 13.4. The normalized spacial score (nSPS) is 18.9. The molecule has 0 radical (unpaired) electrons. The molecule has 0 unspecified atom stereocenters. The van der Waals surface area contributed by atoms with E-state index in [1.54, 1.807) is 14.0 Å². The van der Waals surface area contributed by atoms with E-state index < -0.39 is 12.0 Å². The Morgan fingerprint density at radius 3 is 2.51 bits per heavy atom. The van der Waals surface area contributed by atoms with Gasteiger partial charge in [0.2, 0.25) is 5.91 Å². The highest BCUT2D eigenvalue weighted by Crippen LogP contribution is 2.47. The lowest BCUT2D eigenvalue weighted by molar-refractivity contribution is -0.139. The molecule has 3 aliphatic heterocycles. The average Bonchev–Trinajstić information content (AvgIpc) is 3.63. The molecule has 0 saturated carbocycles. The SMILES string of the molecule is CCOC(=O)C1=C(c2ccccc2)N=C2SC=C(CC(=O)NCCN3CCCC3)N2[C@H]1c1ccc(OC)cc1. The number of ether oxygens (including phenoxy) is 2. The predicted molar refractivity (Wildman–Crippen MR) is 154 cm³/mol. The van der Waals surface area contributed by atoms with Gasteiger partial charge in [0.15, 0.2) is 5.17 Å². The Bertz CT molecular complexity index is 1280. The summed E-state index contributed by atoms with van der Waals surface area (Å²) in [7, 11) is 1.62. The van der Waals surface area contributed by atoms with Gasteiger partial charge < -0.3 is 24.6 Å². The van der Waals surface area contributed by atoms with Crippen LogP contribution in [-0.4, -0.2) is 66.7 Å². The third-order valence-corrected chi connectivity index (χ3v) is 7.96. The van der Waals surface area contributed by atoms with Crippen LogP contribution in [0, 0.1) is 0 Å². The molecule has 0 aromatic heterocycles. The zero-order valence-corrected chi connectivity index (χ0v) is 23.2. The molecule has 8 nitrogen and oxygen atoms in total. The van der Waals surface area contributed by atoms with E-state index in [1.807, 2.05) is 64.9 Å². The number of methoxy groups -OCH3 is 1. The number of aliphatic imine (C=N–C) groups is 1. The van der Waals surface area contributed by atoms with E-state index in [-0.39, 0.29) is 18.9 Å². The number of amidine groups is 1. The summed E-state index contributed by atoms with van der Waals surface area (Å²) in [5.41, 5.74) is 3.53. The number of carbonyl (C=O) groups is 2. The van der Waals surface area contributed by atoms with Crippen LogP contribution in [0.1, 0.15) is 43.4 Å². The van der Waals surface area contributed by atoms with Crippen LogP contribution in [0.4, 0.5) is 0 Å². The number of nitrogens with one attached hydrogen (secondary N) is 1. The van der Waals surface area contributed by atoms with Gasteiger partial charge in [-0.05, 0) is 56.0 Å². The zero-order valence-electron chi connectivity index (χ0n) is 22.4. The fraction of sp³-hybridized carbons (Fsp3) is 0.367. The van der Waals surface area contributed by atoms with E-state index in [1.165, 1.54) is 24.6 Å². The van der Waals surface area contributed by atoms with Crippen molar-refractivity contribution in [1.29, 1.82) is 0 Å². The third kappa shape index (κ3) is 6.04. The summed E-state index contributed by atoms with van der Waals surface area (Å²) >= 11 is 1.47. The van der Waals surface area contributed by atoms with Crippen LogP contribution in [0.15, 0.2) is 76.3 Å². The molecule has 2 aromatic carbocycles. The lowest BCUT2D eigenvalue weighted by atomic mass is 9.91. The fourth-order valence-electron chi connectivity index (χ4n) is 5.18. The summed E-state index contributed by atoms with van der Waals surface area (Å²) in [6.07, 6.45) is 2.64. The average molecular weight is 547 g/mol. The maximum atomic E-state index is 13.6. The van der Waals surface area contributed by atoms with Crippen molar-refractivity contribution in [2.24, 2.45) is 4.99 Å². The second kappa shape index (κ2) is 12.5. The van der Waals surface area contributed by atoms with Crippen molar-refractivity contribution in [3.05, 3.63) is 82.4 Å². The second-order valence-electron chi connectivity index (χ2n) is 9.59. The summed E-state index contributed by atoms with van der Waals surface area (Å²) in [6, 6.07) is 16.8.